The van der Waals surface area contributed by atoms with E-state index in [2.05, 4.69) is 39.8 Å². The normalized spacial score (nSPS) is 13.0. The van der Waals surface area contributed by atoms with Crippen molar-refractivity contribution in [2.75, 3.05) is 26.0 Å². The van der Waals surface area contributed by atoms with Gasteiger partial charge in [-0.2, -0.15) is 0 Å². The number of unbranched alkanes of at least 4 members (excludes halogenated alkanes) is 3. The topological polar surface area (TPSA) is 52.6 Å². The Morgan fingerprint density at radius 3 is 2.73 bits per heavy atom. The zero-order valence-corrected chi connectivity index (χ0v) is 15.5. The molecule has 0 bridgehead atoms. The smallest absolute Gasteiger partial charge is 0.191 e. The van der Waals surface area contributed by atoms with Crippen LogP contribution in [0.1, 0.15) is 51.6 Å². The zero-order chi connectivity index (χ0) is 16.4. The van der Waals surface area contributed by atoms with E-state index < -0.39 is 0 Å². The van der Waals surface area contributed by atoms with Crippen LogP contribution in [0.4, 0.5) is 5.13 Å². The van der Waals surface area contributed by atoms with Crippen molar-refractivity contribution < 1.29 is 0 Å². The maximum absolute atomic E-state index is 4.56. The third kappa shape index (κ3) is 7.11. The molecule has 0 spiro atoms. The first kappa shape index (κ1) is 18.7. The summed E-state index contributed by atoms with van der Waals surface area (Å²) in [5.41, 5.74) is 1.05. The van der Waals surface area contributed by atoms with E-state index in [1.807, 2.05) is 26.0 Å². The average molecular weight is 326 g/mol. The predicted molar refractivity (Wildman–Crippen MR) is 98.0 cm³/mol. The molecule has 126 valence electrons. The minimum Gasteiger partial charge on any atom is -0.354 e. The van der Waals surface area contributed by atoms with Gasteiger partial charge in [0.05, 0.1) is 12.2 Å². The number of rotatable bonds is 9. The lowest BCUT2D eigenvalue weighted by Gasteiger charge is -2.17. The summed E-state index contributed by atoms with van der Waals surface area (Å²) < 4.78 is 0. The Morgan fingerprint density at radius 2 is 2.14 bits per heavy atom. The number of aromatic nitrogens is 1. The minimum atomic E-state index is 0.441. The molecule has 0 radical (unpaired) electrons. The number of guanidine groups is 1. The van der Waals surface area contributed by atoms with E-state index in [-0.39, 0.29) is 0 Å². The molecule has 0 saturated heterocycles. The summed E-state index contributed by atoms with van der Waals surface area (Å²) in [7, 11) is 5.83. The molecule has 5 nitrogen and oxygen atoms in total. The van der Waals surface area contributed by atoms with Crippen molar-refractivity contribution in [3.63, 3.8) is 0 Å². The Hall–Kier alpha value is -1.30. The third-order valence-electron chi connectivity index (χ3n) is 3.46. The lowest BCUT2D eigenvalue weighted by molar-refractivity contribution is 0.537. The molecule has 1 aromatic heterocycles. The number of hydrogen-bond donors (Lipinski definition) is 2. The van der Waals surface area contributed by atoms with E-state index in [0.29, 0.717) is 12.6 Å². The van der Waals surface area contributed by atoms with Gasteiger partial charge in [-0.1, -0.05) is 32.6 Å². The van der Waals surface area contributed by atoms with E-state index in [4.69, 9.17) is 0 Å². The molecule has 0 aliphatic rings. The second-order valence-electron chi connectivity index (χ2n) is 5.84. The Labute approximate surface area is 139 Å². The number of anilines is 1. The molecule has 1 heterocycles. The highest BCUT2D eigenvalue weighted by Gasteiger charge is 2.07. The summed E-state index contributed by atoms with van der Waals surface area (Å²) in [6, 6.07) is 0.441. The van der Waals surface area contributed by atoms with Crippen LogP contribution in [-0.4, -0.2) is 38.1 Å². The summed E-state index contributed by atoms with van der Waals surface area (Å²) in [6.07, 6.45) is 6.39. The van der Waals surface area contributed by atoms with E-state index >= 15 is 0 Å². The van der Waals surface area contributed by atoms with Crippen LogP contribution in [0.25, 0.3) is 0 Å². The molecular formula is C16H31N5S. The average Bonchev–Trinajstić information content (AvgIpc) is 2.97. The van der Waals surface area contributed by atoms with E-state index in [1.54, 1.807) is 11.3 Å². The summed E-state index contributed by atoms with van der Waals surface area (Å²) in [5.74, 6) is 0.849. The van der Waals surface area contributed by atoms with Gasteiger partial charge in [-0.25, -0.2) is 4.98 Å². The maximum Gasteiger partial charge on any atom is 0.191 e. The molecule has 1 rings (SSSR count). The van der Waals surface area contributed by atoms with Gasteiger partial charge in [-0.05, 0) is 13.3 Å². The molecule has 0 aliphatic carbocycles. The summed E-state index contributed by atoms with van der Waals surface area (Å²) in [4.78, 5) is 10.9. The quantitative estimate of drug-likeness (QED) is 0.416. The highest BCUT2D eigenvalue weighted by atomic mass is 32.1. The van der Waals surface area contributed by atoms with Crippen molar-refractivity contribution in [3.05, 3.63) is 11.1 Å². The molecular weight excluding hydrogens is 294 g/mol. The van der Waals surface area contributed by atoms with E-state index in [9.17, 15) is 0 Å². The molecule has 1 atom stereocenters. The fourth-order valence-electron chi connectivity index (χ4n) is 2.13. The van der Waals surface area contributed by atoms with Crippen molar-refractivity contribution in [2.45, 2.75) is 58.5 Å². The Balaban J connectivity index is 2.32. The van der Waals surface area contributed by atoms with Crippen molar-refractivity contribution in [1.82, 2.24) is 15.6 Å². The number of aliphatic imine (C=N–C) groups is 1. The summed E-state index contributed by atoms with van der Waals surface area (Å²) >= 11 is 1.66. The van der Waals surface area contributed by atoms with Crippen LogP contribution in [0.5, 0.6) is 0 Å². The minimum absolute atomic E-state index is 0.441. The summed E-state index contributed by atoms with van der Waals surface area (Å²) in [6.45, 7) is 5.16. The van der Waals surface area contributed by atoms with Crippen LogP contribution in [-0.2, 0) is 6.54 Å². The first-order valence-corrected chi connectivity index (χ1v) is 9.03. The number of nitrogens with one attached hydrogen (secondary N) is 2. The van der Waals surface area contributed by atoms with Crippen LogP contribution >= 0.6 is 11.3 Å². The Kier molecular flexibility index (Phi) is 8.89. The lowest BCUT2D eigenvalue weighted by Crippen LogP contribution is -2.41. The number of hydrogen-bond acceptors (Lipinski definition) is 4. The molecule has 0 aromatic carbocycles. The standard InChI is InChI=1S/C16H31N5S/c1-6-7-8-9-10-13(2)19-15(17-3)18-11-14-12-22-16(20-14)21(4)5/h12-13H,6-11H2,1-5H3,(H2,17,18,19). The van der Waals surface area contributed by atoms with Crippen molar-refractivity contribution in [2.24, 2.45) is 4.99 Å². The van der Waals surface area contributed by atoms with Gasteiger partial charge in [0, 0.05) is 32.6 Å². The van der Waals surface area contributed by atoms with Gasteiger partial charge in [0.1, 0.15) is 0 Å². The van der Waals surface area contributed by atoms with Gasteiger partial charge in [0.25, 0.3) is 0 Å². The lowest BCUT2D eigenvalue weighted by atomic mass is 10.1. The fraction of sp³-hybridized carbons (Fsp3) is 0.750. The Bertz CT molecular complexity index is 441. The van der Waals surface area contributed by atoms with Crippen LogP contribution in [0, 0.1) is 0 Å². The number of nitrogens with zero attached hydrogens (tertiary/aromatic N) is 3. The van der Waals surface area contributed by atoms with Crippen molar-refractivity contribution >= 4 is 22.4 Å². The van der Waals surface area contributed by atoms with Gasteiger partial charge >= 0.3 is 0 Å². The molecule has 2 N–H and O–H groups in total. The molecule has 0 amide bonds. The summed E-state index contributed by atoms with van der Waals surface area (Å²) in [5, 5.41) is 9.90. The molecule has 1 aromatic rings. The highest BCUT2D eigenvalue weighted by molar-refractivity contribution is 7.13. The maximum atomic E-state index is 4.56. The molecule has 6 heteroatoms. The van der Waals surface area contributed by atoms with Crippen LogP contribution < -0.4 is 15.5 Å². The second kappa shape index (κ2) is 10.4. The van der Waals surface area contributed by atoms with Gasteiger partial charge < -0.3 is 15.5 Å². The first-order chi connectivity index (χ1) is 10.6. The van der Waals surface area contributed by atoms with E-state index in [1.165, 1.54) is 32.1 Å². The first-order valence-electron chi connectivity index (χ1n) is 8.15. The van der Waals surface area contributed by atoms with Gasteiger partial charge in [-0.15, -0.1) is 11.3 Å². The zero-order valence-electron chi connectivity index (χ0n) is 14.6. The molecule has 0 fully saturated rings. The monoisotopic (exact) mass is 325 g/mol. The van der Waals surface area contributed by atoms with E-state index in [0.717, 1.165) is 16.8 Å². The fourth-order valence-corrected chi connectivity index (χ4v) is 2.89. The van der Waals surface area contributed by atoms with Crippen molar-refractivity contribution in [1.29, 1.82) is 0 Å². The second-order valence-corrected chi connectivity index (χ2v) is 6.67. The predicted octanol–water partition coefficient (Wildman–Crippen LogP) is 3.23. The highest BCUT2D eigenvalue weighted by Crippen LogP contribution is 2.17. The molecule has 0 aliphatic heterocycles. The van der Waals surface area contributed by atoms with Gasteiger partial charge in [0.15, 0.2) is 11.1 Å². The molecule has 0 saturated carbocycles. The largest absolute Gasteiger partial charge is 0.354 e. The van der Waals surface area contributed by atoms with Crippen molar-refractivity contribution in [3.8, 4) is 0 Å². The number of thiazole rings is 1. The van der Waals surface area contributed by atoms with Gasteiger partial charge in [0.2, 0.25) is 0 Å². The SMILES string of the molecule is CCCCCCC(C)NC(=NC)NCc1csc(N(C)C)n1. The Morgan fingerprint density at radius 1 is 1.36 bits per heavy atom. The van der Waals surface area contributed by atoms with Gasteiger partial charge in [-0.3, -0.25) is 4.99 Å². The third-order valence-corrected chi connectivity index (χ3v) is 4.51. The van der Waals surface area contributed by atoms with Crippen LogP contribution in [0.15, 0.2) is 10.4 Å². The molecule has 1 unspecified atom stereocenters. The molecule has 22 heavy (non-hydrogen) atoms. The van der Waals surface area contributed by atoms with Crippen LogP contribution in [0.2, 0.25) is 0 Å². The van der Waals surface area contributed by atoms with Crippen LogP contribution in [0.3, 0.4) is 0 Å².